The third kappa shape index (κ3) is 7.53. The number of esters is 1. The van der Waals surface area contributed by atoms with Crippen LogP contribution in [-0.4, -0.2) is 18.4 Å². The maximum Gasteiger partial charge on any atom is 0.313 e. The Labute approximate surface area is 85.1 Å². The largest absolute Gasteiger partial charge is 0.466 e. The summed E-state index contributed by atoms with van der Waals surface area (Å²) in [7, 11) is 0. The average molecular weight is 198 g/mol. The summed E-state index contributed by atoms with van der Waals surface area (Å²) in [5.74, 6) is -0.672. The van der Waals surface area contributed by atoms with Crippen LogP contribution in [0.25, 0.3) is 0 Å². The van der Waals surface area contributed by atoms with E-state index in [4.69, 9.17) is 0 Å². The molecule has 0 radical (unpaired) electrons. The summed E-state index contributed by atoms with van der Waals surface area (Å²) in [6.45, 7) is 7.99. The average Bonchev–Trinajstić information content (AvgIpc) is 2.00. The van der Waals surface area contributed by atoms with Crippen molar-refractivity contribution in [3.8, 4) is 0 Å². The number of ketones is 1. The van der Waals surface area contributed by atoms with Crippen LogP contribution in [0.2, 0.25) is 0 Å². The quantitative estimate of drug-likeness (QED) is 0.395. The SMILES string of the molecule is CCOC(=O)CC(=O)/C=C/C(C)(C)C. The highest BCUT2D eigenvalue weighted by molar-refractivity contribution is 6.01. The fourth-order valence-corrected chi connectivity index (χ4v) is 0.756. The molecule has 3 nitrogen and oxygen atoms in total. The number of allylic oxidation sites excluding steroid dienone is 2. The minimum atomic E-state index is -0.462. The number of hydrogen-bond acceptors (Lipinski definition) is 3. The molecule has 0 aliphatic rings. The number of rotatable bonds is 4. The molecule has 0 N–H and O–H groups in total. The van der Waals surface area contributed by atoms with Gasteiger partial charge in [-0.2, -0.15) is 0 Å². The van der Waals surface area contributed by atoms with Crippen molar-refractivity contribution in [1.82, 2.24) is 0 Å². The Bertz CT molecular complexity index is 233. The van der Waals surface area contributed by atoms with Gasteiger partial charge in [0.15, 0.2) is 5.78 Å². The first-order chi connectivity index (χ1) is 6.35. The molecule has 0 heterocycles. The lowest BCUT2D eigenvalue weighted by Crippen LogP contribution is -2.10. The summed E-state index contributed by atoms with van der Waals surface area (Å²) < 4.78 is 4.65. The molecule has 0 aromatic heterocycles. The van der Waals surface area contributed by atoms with Crippen molar-refractivity contribution in [2.75, 3.05) is 6.61 Å². The Balaban J connectivity index is 3.99. The van der Waals surface area contributed by atoms with Gasteiger partial charge in [-0.1, -0.05) is 26.8 Å². The second kappa shape index (κ2) is 5.58. The van der Waals surface area contributed by atoms with Gasteiger partial charge in [0.1, 0.15) is 6.42 Å². The van der Waals surface area contributed by atoms with E-state index < -0.39 is 5.97 Å². The van der Waals surface area contributed by atoms with Crippen molar-refractivity contribution < 1.29 is 14.3 Å². The van der Waals surface area contributed by atoms with Gasteiger partial charge in [-0.15, -0.1) is 0 Å². The molecule has 0 aliphatic heterocycles. The van der Waals surface area contributed by atoms with Crippen LogP contribution in [0.4, 0.5) is 0 Å². The molecule has 0 saturated heterocycles. The van der Waals surface area contributed by atoms with Gasteiger partial charge in [-0.25, -0.2) is 0 Å². The molecule has 0 bridgehead atoms. The van der Waals surface area contributed by atoms with Gasteiger partial charge in [0.05, 0.1) is 6.61 Å². The van der Waals surface area contributed by atoms with Crippen LogP contribution in [0.1, 0.15) is 34.1 Å². The maximum absolute atomic E-state index is 11.2. The molecule has 3 heteroatoms. The van der Waals surface area contributed by atoms with Crippen molar-refractivity contribution >= 4 is 11.8 Å². The van der Waals surface area contributed by atoms with Crippen LogP contribution in [0.5, 0.6) is 0 Å². The smallest absolute Gasteiger partial charge is 0.313 e. The van der Waals surface area contributed by atoms with E-state index in [0.717, 1.165) is 0 Å². The van der Waals surface area contributed by atoms with Crippen molar-refractivity contribution in [2.24, 2.45) is 5.41 Å². The molecule has 0 aromatic carbocycles. The van der Waals surface area contributed by atoms with E-state index in [1.165, 1.54) is 6.08 Å². The summed E-state index contributed by atoms with van der Waals surface area (Å²) in [4.78, 5) is 22.1. The van der Waals surface area contributed by atoms with Crippen LogP contribution in [-0.2, 0) is 14.3 Å². The van der Waals surface area contributed by atoms with Crippen molar-refractivity contribution in [3.05, 3.63) is 12.2 Å². The lowest BCUT2D eigenvalue weighted by molar-refractivity contribution is -0.144. The highest BCUT2D eigenvalue weighted by Gasteiger charge is 2.09. The Hall–Kier alpha value is -1.12. The van der Waals surface area contributed by atoms with Crippen LogP contribution >= 0.6 is 0 Å². The predicted octanol–water partition coefficient (Wildman–Crippen LogP) is 2.11. The molecular weight excluding hydrogens is 180 g/mol. The summed E-state index contributed by atoms with van der Waals surface area (Å²) >= 11 is 0. The molecule has 0 spiro atoms. The van der Waals surface area contributed by atoms with E-state index in [9.17, 15) is 9.59 Å². The molecular formula is C11H18O3. The van der Waals surface area contributed by atoms with Gasteiger partial charge >= 0.3 is 5.97 Å². The van der Waals surface area contributed by atoms with Gasteiger partial charge < -0.3 is 4.74 Å². The monoisotopic (exact) mass is 198 g/mol. The zero-order chi connectivity index (χ0) is 11.2. The van der Waals surface area contributed by atoms with E-state index in [0.29, 0.717) is 6.61 Å². The summed E-state index contributed by atoms with van der Waals surface area (Å²) in [6.07, 6.45) is 3.06. The highest BCUT2D eigenvalue weighted by Crippen LogP contribution is 2.14. The molecule has 0 fully saturated rings. The molecule has 0 amide bonds. The molecule has 0 saturated carbocycles. The van der Waals surface area contributed by atoms with Gasteiger partial charge in [-0.05, 0) is 18.4 Å². The second-order valence-electron chi connectivity index (χ2n) is 4.15. The molecule has 14 heavy (non-hydrogen) atoms. The molecule has 0 aromatic rings. The van der Waals surface area contributed by atoms with Gasteiger partial charge in [0.25, 0.3) is 0 Å². The number of carbonyl (C=O) groups excluding carboxylic acids is 2. The molecule has 0 rings (SSSR count). The maximum atomic E-state index is 11.2. The summed E-state index contributed by atoms with van der Waals surface area (Å²) in [5, 5.41) is 0. The summed E-state index contributed by atoms with van der Waals surface area (Å²) in [5.41, 5.74) is -0.0374. The lowest BCUT2D eigenvalue weighted by atomic mass is 9.96. The second-order valence-corrected chi connectivity index (χ2v) is 4.15. The van der Waals surface area contributed by atoms with Crippen molar-refractivity contribution in [3.63, 3.8) is 0 Å². The first-order valence-electron chi connectivity index (χ1n) is 4.73. The minimum Gasteiger partial charge on any atom is -0.466 e. The third-order valence-corrected chi connectivity index (χ3v) is 1.39. The van der Waals surface area contributed by atoms with Gasteiger partial charge in [0.2, 0.25) is 0 Å². The Morgan fingerprint density at radius 3 is 2.29 bits per heavy atom. The Kier molecular flexibility index (Phi) is 5.13. The third-order valence-electron chi connectivity index (χ3n) is 1.39. The van der Waals surface area contributed by atoms with Crippen LogP contribution in [0.3, 0.4) is 0 Å². The highest BCUT2D eigenvalue weighted by atomic mass is 16.5. The minimum absolute atomic E-state index is 0.0374. The van der Waals surface area contributed by atoms with E-state index in [2.05, 4.69) is 4.74 Å². The van der Waals surface area contributed by atoms with Gasteiger partial charge in [-0.3, -0.25) is 9.59 Å². The van der Waals surface area contributed by atoms with E-state index in [1.807, 2.05) is 20.8 Å². The first-order valence-corrected chi connectivity index (χ1v) is 4.73. The zero-order valence-electron chi connectivity index (χ0n) is 9.29. The number of ether oxygens (including phenoxy) is 1. The number of carbonyl (C=O) groups is 2. The predicted molar refractivity (Wildman–Crippen MR) is 54.9 cm³/mol. The Morgan fingerprint density at radius 2 is 1.86 bits per heavy atom. The van der Waals surface area contributed by atoms with E-state index >= 15 is 0 Å². The normalized spacial score (nSPS) is 11.7. The van der Waals surface area contributed by atoms with Crippen molar-refractivity contribution in [1.29, 1.82) is 0 Å². The zero-order valence-corrected chi connectivity index (χ0v) is 9.29. The fraction of sp³-hybridized carbons (Fsp3) is 0.636. The van der Waals surface area contributed by atoms with Crippen LogP contribution in [0, 0.1) is 5.41 Å². The van der Waals surface area contributed by atoms with Crippen LogP contribution in [0.15, 0.2) is 12.2 Å². The molecule has 0 aliphatic carbocycles. The molecule has 80 valence electrons. The first kappa shape index (κ1) is 12.9. The molecule has 0 atom stereocenters. The van der Waals surface area contributed by atoms with E-state index in [-0.39, 0.29) is 17.6 Å². The van der Waals surface area contributed by atoms with Gasteiger partial charge in [0, 0.05) is 0 Å². The number of hydrogen-bond donors (Lipinski definition) is 0. The summed E-state index contributed by atoms with van der Waals surface area (Å²) in [6, 6.07) is 0. The van der Waals surface area contributed by atoms with Crippen molar-refractivity contribution in [2.45, 2.75) is 34.1 Å². The molecule has 0 unspecified atom stereocenters. The Morgan fingerprint density at radius 1 is 1.29 bits per heavy atom. The lowest BCUT2D eigenvalue weighted by Gasteiger charge is -2.10. The standard InChI is InChI=1S/C11H18O3/c1-5-14-10(13)8-9(12)6-7-11(2,3)4/h6-7H,5,8H2,1-4H3/b7-6+. The fourth-order valence-electron chi connectivity index (χ4n) is 0.756. The van der Waals surface area contributed by atoms with Crippen LogP contribution < -0.4 is 0 Å². The van der Waals surface area contributed by atoms with E-state index in [1.54, 1.807) is 13.0 Å². The topological polar surface area (TPSA) is 43.4 Å².